The number of anilines is 1. The highest BCUT2D eigenvalue weighted by molar-refractivity contribution is 7.92. The van der Waals surface area contributed by atoms with Crippen molar-refractivity contribution in [3.8, 4) is 17.2 Å². The average molecular weight is 559 g/mol. The molecule has 0 heterocycles. The van der Waals surface area contributed by atoms with Crippen molar-refractivity contribution in [3.63, 3.8) is 0 Å². The molecule has 3 aromatic rings. The van der Waals surface area contributed by atoms with Crippen molar-refractivity contribution >= 4 is 21.7 Å². The van der Waals surface area contributed by atoms with Gasteiger partial charge < -0.3 is 24.4 Å². The molecule has 0 aliphatic rings. The number of benzene rings is 3. The third-order valence-corrected chi connectivity index (χ3v) is 6.37. The number of sulfonamides is 1. The lowest BCUT2D eigenvalue weighted by Gasteiger charge is -2.31. The van der Waals surface area contributed by atoms with E-state index in [0.717, 1.165) is 11.8 Å². The van der Waals surface area contributed by atoms with Crippen LogP contribution in [0.25, 0.3) is 0 Å². The Balaban J connectivity index is 1.61. The number of methoxy groups -OCH3 is 1. The summed E-state index contributed by atoms with van der Waals surface area (Å²) in [4.78, 5) is 13.8. The minimum Gasteiger partial charge on any atom is -0.507 e. The van der Waals surface area contributed by atoms with Crippen LogP contribution in [-0.2, 0) is 21.3 Å². The summed E-state index contributed by atoms with van der Waals surface area (Å²) in [6.07, 6.45) is 0.249. The molecule has 0 fully saturated rings. The molecule has 0 aliphatic carbocycles. The summed E-state index contributed by atoms with van der Waals surface area (Å²) in [5.41, 5.74) is 1.53. The molecule has 2 unspecified atom stereocenters. The highest BCUT2D eigenvalue weighted by Gasteiger charge is 2.20. The first kappa shape index (κ1) is 29.8. The lowest BCUT2D eigenvalue weighted by Crippen LogP contribution is -2.43. The van der Waals surface area contributed by atoms with Crippen molar-refractivity contribution in [2.45, 2.75) is 25.6 Å². The number of nitrogens with zero attached hydrogens (tertiary/aromatic N) is 1. The maximum atomic E-state index is 11.7. The standard InChI is InChI=1S/C28H34N2O8S/c1-20(18-37-25-13-14-26(27(32)15-25)28(33)36-2)30(16-21-7-5-4-6-8-21)17-23(31)19-38-24-11-9-22(10-12-24)29-39(3,34)35/h4-15,20,23,29,31-32H,16-19H2,1-3H3. The summed E-state index contributed by atoms with van der Waals surface area (Å²) in [5.74, 6) is 0.0127. The second kappa shape index (κ2) is 13.8. The van der Waals surface area contributed by atoms with Gasteiger partial charge in [0.1, 0.15) is 42.1 Å². The van der Waals surface area contributed by atoms with Crippen LogP contribution in [0.15, 0.2) is 72.8 Å². The summed E-state index contributed by atoms with van der Waals surface area (Å²) in [7, 11) is -2.13. The lowest BCUT2D eigenvalue weighted by molar-refractivity contribution is 0.0410. The number of hydrogen-bond donors (Lipinski definition) is 3. The Morgan fingerprint density at radius 3 is 2.23 bits per heavy atom. The summed E-state index contributed by atoms with van der Waals surface area (Å²) in [6.45, 7) is 3.10. The molecule has 3 rings (SSSR count). The number of hydrogen-bond acceptors (Lipinski definition) is 9. The third-order valence-electron chi connectivity index (χ3n) is 5.76. The Morgan fingerprint density at radius 1 is 0.974 bits per heavy atom. The van der Waals surface area contributed by atoms with Gasteiger partial charge in [-0.1, -0.05) is 30.3 Å². The molecule has 39 heavy (non-hydrogen) atoms. The second-order valence-corrected chi connectivity index (χ2v) is 10.9. The van der Waals surface area contributed by atoms with Gasteiger partial charge in [0.05, 0.1) is 13.4 Å². The van der Waals surface area contributed by atoms with Crippen molar-refractivity contribution in [1.82, 2.24) is 4.90 Å². The maximum absolute atomic E-state index is 11.7. The maximum Gasteiger partial charge on any atom is 0.341 e. The van der Waals surface area contributed by atoms with E-state index in [0.29, 0.717) is 30.3 Å². The van der Waals surface area contributed by atoms with Gasteiger partial charge in [-0.15, -0.1) is 0 Å². The first-order chi connectivity index (χ1) is 18.5. The number of aliphatic hydroxyl groups is 1. The first-order valence-electron chi connectivity index (χ1n) is 12.2. The number of ether oxygens (including phenoxy) is 3. The Kier molecular flexibility index (Phi) is 10.6. The zero-order valence-corrected chi connectivity index (χ0v) is 22.9. The fourth-order valence-electron chi connectivity index (χ4n) is 3.77. The highest BCUT2D eigenvalue weighted by atomic mass is 32.2. The smallest absolute Gasteiger partial charge is 0.341 e. The van der Waals surface area contributed by atoms with Crippen molar-refractivity contribution in [2.75, 3.05) is 37.8 Å². The Hall–Kier alpha value is -3.80. The number of phenolic OH excluding ortho intramolecular Hbond substituents is 1. The number of carbonyl (C=O) groups excluding carboxylic acids is 1. The molecule has 0 bridgehead atoms. The van der Waals surface area contributed by atoms with Crippen LogP contribution in [0, 0.1) is 0 Å². The molecular formula is C28H34N2O8S. The molecule has 10 nitrogen and oxygen atoms in total. The fraction of sp³-hybridized carbons (Fsp3) is 0.321. The van der Waals surface area contributed by atoms with Gasteiger partial charge in [0, 0.05) is 30.9 Å². The summed E-state index contributed by atoms with van der Waals surface area (Å²) >= 11 is 0. The SMILES string of the molecule is COC(=O)c1ccc(OCC(C)N(Cc2ccccc2)CC(O)COc2ccc(NS(C)(=O)=O)cc2)cc1O. The molecule has 3 aromatic carbocycles. The van der Waals surface area contributed by atoms with Crippen LogP contribution in [0.4, 0.5) is 5.69 Å². The molecular weight excluding hydrogens is 524 g/mol. The van der Waals surface area contributed by atoms with Crippen LogP contribution in [0.1, 0.15) is 22.8 Å². The number of carbonyl (C=O) groups is 1. The number of esters is 1. The van der Waals surface area contributed by atoms with Crippen LogP contribution in [0.2, 0.25) is 0 Å². The third kappa shape index (κ3) is 9.78. The van der Waals surface area contributed by atoms with Gasteiger partial charge in [0.2, 0.25) is 10.0 Å². The van der Waals surface area contributed by atoms with Crippen molar-refractivity contribution in [2.24, 2.45) is 0 Å². The van der Waals surface area contributed by atoms with Crippen LogP contribution >= 0.6 is 0 Å². The number of phenols is 1. The van der Waals surface area contributed by atoms with Crippen LogP contribution < -0.4 is 14.2 Å². The molecule has 11 heteroatoms. The largest absolute Gasteiger partial charge is 0.507 e. The predicted molar refractivity (Wildman–Crippen MR) is 148 cm³/mol. The molecule has 3 N–H and O–H groups in total. The zero-order chi connectivity index (χ0) is 28.4. The molecule has 0 aromatic heterocycles. The fourth-order valence-corrected chi connectivity index (χ4v) is 4.34. The molecule has 2 atom stereocenters. The molecule has 0 spiro atoms. The number of nitrogens with one attached hydrogen (secondary N) is 1. The monoisotopic (exact) mass is 558 g/mol. The molecule has 0 radical (unpaired) electrons. The van der Waals surface area contributed by atoms with Gasteiger partial charge in [-0.25, -0.2) is 13.2 Å². The summed E-state index contributed by atoms with van der Waals surface area (Å²) < 4.78 is 41.4. The van der Waals surface area contributed by atoms with Crippen LogP contribution in [0.5, 0.6) is 17.2 Å². The highest BCUT2D eigenvalue weighted by Crippen LogP contribution is 2.25. The van der Waals surface area contributed by atoms with Gasteiger partial charge >= 0.3 is 5.97 Å². The molecule has 0 saturated heterocycles. The lowest BCUT2D eigenvalue weighted by atomic mass is 10.1. The number of rotatable bonds is 14. The number of aliphatic hydroxyl groups excluding tert-OH is 1. The zero-order valence-electron chi connectivity index (χ0n) is 22.1. The van der Waals surface area contributed by atoms with Gasteiger partial charge in [0.25, 0.3) is 0 Å². The van der Waals surface area contributed by atoms with Gasteiger partial charge in [-0.2, -0.15) is 0 Å². The van der Waals surface area contributed by atoms with Crippen molar-refractivity contribution in [3.05, 3.63) is 83.9 Å². The minimum atomic E-state index is -3.37. The van der Waals surface area contributed by atoms with Crippen LogP contribution in [0.3, 0.4) is 0 Å². The second-order valence-electron chi connectivity index (χ2n) is 9.11. The molecule has 210 valence electrons. The summed E-state index contributed by atoms with van der Waals surface area (Å²) in [5, 5.41) is 20.9. The van der Waals surface area contributed by atoms with Gasteiger partial charge in [-0.3, -0.25) is 9.62 Å². The molecule has 0 aliphatic heterocycles. The van der Waals surface area contributed by atoms with Gasteiger partial charge in [0.15, 0.2) is 0 Å². The van der Waals surface area contributed by atoms with E-state index in [1.807, 2.05) is 37.3 Å². The van der Waals surface area contributed by atoms with Crippen molar-refractivity contribution in [1.29, 1.82) is 0 Å². The van der Waals surface area contributed by atoms with Crippen LogP contribution in [-0.4, -0.2) is 74.8 Å². The van der Waals surface area contributed by atoms with E-state index in [4.69, 9.17) is 9.47 Å². The predicted octanol–water partition coefficient (Wildman–Crippen LogP) is 3.26. The Labute approximate surface area is 228 Å². The minimum absolute atomic E-state index is 0.0284. The summed E-state index contributed by atoms with van der Waals surface area (Å²) in [6, 6.07) is 20.5. The average Bonchev–Trinajstić information content (AvgIpc) is 2.90. The molecule has 0 amide bonds. The van der Waals surface area contributed by atoms with E-state index in [1.165, 1.54) is 19.2 Å². The molecule has 0 saturated carbocycles. The van der Waals surface area contributed by atoms with E-state index in [2.05, 4.69) is 14.4 Å². The van der Waals surface area contributed by atoms with E-state index < -0.39 is 22.1 Å². The topological polar surface area (TPSA) is 135 Å². The van der Waals surface area contributed by atoms with Crippen molar-refractivity contribution < 1.29 is 37.6 Å². The van der Waals surface area contributed by atoms with E-state index >= 15 is 0 Å². The van der Waals surface area contributed by atoms with Gasteiger partial charge in [-0.05, 0) is 48.9 Å². The normalized spacial score (nSPS) is 12.9. The van der Waals surface area contributed by atoms with E-state index in [9.17, 15) is 23.4 Å². The Bertz CT molecular complexity index is 1320. The quantitative estimate of drug-likeness (QED) is 0.255. The van der Waals surface area contributed by atoms with E-state index in [-0.39, 0.29) is 30.6 Å². The first-order valence-corrected chi connectivity index (χ1v) is 14.1. The van der Waals surface area contributed by atoms with E-state index in [1.54, 1.807) is 30.3 Å². The Morgan fingerprint density at radius 2 is 1.62 bits per heavy atom. The number of aromatic hydroxyl groups is 1.